The topological polar surface area (TPSA) is 55.8 Å². The van der Waals surface area contributed by atoms with E-state index in [0.717, 1.165) is 31.2 Å². The molecule has 0 bridgehead atoms. The molecule has 1 aromatic carbocycles. The maximum absolute atomic E-state index is 12.8. The Kier molecular flexibility index (Phi) is 5.13. The summed E-state index contributed by atoms with van der Waals surface area (Å²) in [7, 11) is 2.98. The SMILES string of the molecule is COC(=O)[C@H]1C(=O)N(C2CCCCC2)[C@@H]1C(C)(OC)c1ccccc1. The highest BCUT2D eigenvalue weighted by Crippen LogP contribution is 2.46. The molecule has 1 aliphatic heterocycles. The number of hydrogen-bond acceptors (Lipinski definition) is 4. The van der Waals surface area contributed by atoms with Crippen LogP contribution in [0.25, 0.3) is 0 Å². The van der Waals surface area contributed by atoms with Crippen LogP contribution in [0.1, 0.15) is 44.6 Å². The van der Waals surface area contributed by atoms with Crippen LogP contribution in [-0.2, 0) is 24.7 Å². The lowest BCUT2D eigenvalue weighted by atomic mass is 9.71. The number of carbonyl (C=O) groups is 2. The molecule has 136 valence electrons. The minimum absolute atomic E-state index is 0.122. The van der Waals surface area contributed by atoms with E-state index in [4.69, 9.17) is 9.47 Å². The van der Waals surface area contributed by atoms with E-state index in [2.05, 4.69) is 0 Å². The van der Waals surface area contributed by atoms with Gasteiger partial charge in [-0.1, -0.05) is 49.6 Å². The first-order valence-corrected chi connectivity index (χ1v) is 9.05. The number of methoxy groups -OCH3 is 2. The van der Waals surface area contributed by atoms with Gasteiger partial charge in [0.1, 0.15) is 5.60 Å². The van der Waals surface area contributed by atoms with Crippen LogP contribution in [0.3, 0.4) is 0 Å². The average Bonchev–Trinajstić information content (AvgIpc) is 2.67. The average molecular weight is 345 g/mol. The number of rotatable bonds is 5. The van der Waals surface area contributed by atoms with Crippen molar-refractivity contribution >= 4 is 11.9 Å². The monoisotopic (exact) mass is 345 g/mol. The van der Waals surface area contributed by atoms with Crippen molar-refractivity contribution in [1.29, 1.82) is 0 Å². The molecular formula is C20H27NO4. The van der Waals surface area contributed by atoms with Crippen molar-refractivity contribution in [2.75, 3.05) is 14.2 Å². The fourth-order valence-corrected chi connectivity index (χ4v) is 4.40. The van der Waals surface area contributed by atoms with E-state index in [1.165, 1.54) is 13.5 Å². The molecule has 0 spiro atoms. The van der Waals surface area contributed by atoms with Gasteiger partial charge < -0.3 is 14.4 Å². The van der Waals surface area contributed by atoms with Gasteiger partial charge in [0.15, 0.2) is 5.92 Å². The third-order valence-corrected chi connectivity index (χ3v) is 5.89. The summed E-state index contributed by atoms with van der Waals surface area (Å²) in [6, 6.07) is 9.66. The fraction of sp³-hybridized carbons (Fsp3) is 0.600. The quantitative estimate of drug-likeness (QED) is 0.468. The van der Waals surface area contributed by atoms with Gasteiger partial charge in [0.2, 0.25) is 5.91 Å². The lowest BCUT2D eigenvalue weighted by molar-refractivity contribution is -0.199. The normalized spacial score (nSPS) is 26.7. The molecular weight excluding hydrogens is 318 g/mol. The largest absolute Gasteiger partial charge is 0.468 e. The van der Waals surface area contributed by atoms with Crippen molar-refractivity contribution in [2.45, 2.75) is 56.7 Å². The van der Waals surface area contributed by atoms with Crippen LogP contribution in [0.5, 0.6) is 0 Å². The maximum atomic E-state index is 12.8. The second kappa shape index (κ2) is 7.16. The summed E-state index contributed by atoms with van der Waals surface area (Å²) in [5.41, 5.74) is 0.204. The molecule has 1 saturated heterocycles. The highest BCUT2D eigenvalue weighted by Gasteiger charge is 2.62. The number of likely N-dealkylation sites (tertiary alicyclic amines) is 1. The standard InChI is InChI=1S/C20H27NO4/c1-20(25-3,14-10-6-4-7-11-14)17-16(19(23)24-2)18(22)21(17)15-12-8-5-9-13-15/h4,6-7,10-11,15-17H,5,8-9,12-13H2,1-3H3/t16-,17+,20?/m1/s1. The van der Waals surface area contributed by atoms with Gasteiger partial charge in [-0.05, 0) is 25.3 Å². The summed E-state index contributed by atoms with van der Waals surface area (Å²) < 4.78 is 10.8. The molecule has 1 aliphatic carbocycles. The Labute approximate surface area is 149 Å². The van der Waals surface area contributed by atoms with Crippen LogP contribution >= 0.6 is 0 Å². The van der Waals surface area contributed by atoms with Crippen LogP contribution in [0.2, 0.25) is 0 Å². The predicted octanol–water partition coefficient (Wildman–Crippen LogP) is 2.88. The third kappa shape index (κ3) is 2.95. The summed E-state index contributed by atoms with van der Waals surface area (Å²) in [5, 5.41) is 0. The highest BCUT2D eigenvalue weighted by atomic mass is 16.5. The Morgan fingerprint density at radius 1 is 1.12 bits per heavy atom. The minimum Gasteiger partial charge on any atom is -0.468 e. The molecule has 1 saturated carbocycles. The summed E-state index contributed by atoms with van der Waals surface area (Å²) in [6.45, 7) is 1.96. The second-order valence-corrected chi connectivity index (χ2v) is 7.16. The third-order valence-electron chi connectivity index (χ3n) is 5.89. The lowest BCUT2D eigenvalue weighted by Crippen LogP contribution is -2.73. The summed E-state index contributed by atoms with van der Waals surface area (Å²) in [4.78, 5) is 27.0. The Bertz CT molecular complexity index is 626. The molecule has 1 heterocycles. The van der Waals surface area contributed by atoms with Gasteiger partial charge >= 0.3 is 5.97 Å². The van der Waals surface area contributed by atoms with Crippen LogP contribution in [0.15, 0.2) is 30.3 Å². The van der Waals surface area contributed by atoms with E-state index >= 15 is 0 Å². The second-order valence-electron chi connectivity index (χ2n) is 7.16. The Morgan fingerprint density at radius 3 is 2.32 bits per heavy atom. The van der Waals surface area contributed by atoms with E-state index in [-0.39, 0.29) is 18.0 Å². The van der Waals surface area contributed by atoms with Crippen LogP contribution < -0.4 is 0 Å². The number of amides is 1. The fourth-order valence-electron chi connectivity index (χ4n) is 4.40. The Morgan fingerprint density at radius 2 is 1.76 bits per heavy atom. The van der Waals surface area contributed by atoms with Gasteiger partial charge in [0, 0.05) is 13.2 Å². The summed E-state index contributed by atoms with van der Waals surface area (Å²) in [6.07, 6.45) is 5.44. The molecule has 1 aromatic rings. The first-order valence-electron chi connectivity index (χ1n) is 9.05. The summed E-state index contributed by atoms with van der Waals surface area (Å²) in [5.74, 6) is -1.39. The molecule has 3 rings (SSSR count). The van der Waals surface area contributed by atoms with Crippen LogP contribution in [-0.4, -0.2) is 43.1 Å². The van der Waals surface area contributed by atoms with Crippen molar-refractivity contribution in [2.24, 2.45) is 5.92 Å². The van der Waals surface area contributed by atoms with Gasteiger partial charge in [0.25, 0.3) is 0 Å². The van der Waals surface area contributed by atoms with E-state index in [1.807, 2.05) is 42.2 Å². The summed E-state index contributed by atoms with van der Waals surface area (Å²) >= 11 is 0. The molecule has 1 unspecified atom stereocenters. The molecule has 0 aromatic heterocycles. The zero-order valence-electron chi connectivity index (χ0n) is 15.2. The van der Waals surface area contributed by atoms with E-state index < -0.39 is 17.5 Å². The molecule has 5 heteroatoms. The van der Waals surface area contributed by atoms with Crippen molar-refractivity contribution < 1.29 is 19.1 Å². The first kappa shape index (κ1) is 17.9. The minimum atomic E-state index is -0.794. The number of nitrogens with zero attached hydrogens (tertiary/aromatic N) is 1. The molecule has 5 nitrogen and oxygen atoms in total. The molecule has 1 amide bonds. The van der Waals surface area contributed by atoms with E-state index in [9.17, 15) is 9.59 Å². The number of benzene rings is 1. The smallest absolute Gasteiger partial charge is 0.320 e. The van der Waals surface area contributed by atoms with E-state index in [1.54, 1.807) is 7.11 Å². The number of hydrogen-bond donors (Lipinski definition) is 0. The zero-order valence-corrected chi connectivity index (χ0v) is 15.2. The van der Waals surface area contributed by atoms with Gasteiger partial charge in [-0.2, -0.15) is 0 Å². The van der Waals surface area contributed by atoms with Crippen LogP contribution in [0, 0.1) is 5.92 Å². The zero-order chi connectivity index (χ0) is 18.0. The van der Waals surface area contributed by atoms with Crippen molar-refractivity contribution in [3.8, 4) is 0 Å². The molecule has 25 heavy (non-hydrogen) atoms. The Hall–Kier alpha value is -1.88. The number of esters is 1. The van der Waals surface area contributed by atoms with Gasteiger partial charge in [-0.3, -0.25) is 9.59 Å². The molecule has 0 N–H and O–H groups in total. The van der Waals surface area contributed by atoms with Crippen LogP contribution in [0.4, 0.5) is 0 Å². The molecule has 0 radical (unpaired) electrons. The highest BCUT2D eigenvalue weighted by molar-refractivity contribution is 6.04. The van der Waals surface area contributed by atoms with E-state index in [0.29, 0.717) is 0 Å². The van der Waals surface area contributed by atoms with Gasteiger partial charge in [-0.15, -0.1) is 0 Å². The molecule has 2 aliphatic rings. The molecule has 2 fully saturated rings. The number of β-lactam (4-membered cyclic amide) rings is 1. The van der Waals surface area contributed by atoms with Crippen molar-refractivity contribution in [1.82, 2.24) is 4.90 Å². The van der Waals surface area contributed by atoms with Gasteiger partial charge in [-0.25, -0.2) is 0 Å². The predicted molar refractivity (Wildman–Crippen MR) is 93.8 cm³/mol. The number of ether oxygens (including phenoxy) is 2. The number of carbonyl (C=O) groups excluding carboxylic acids is 2. The van der Waals surface area contributed by atoms with Crippen molar-refractivity contribution in [3.05, 3.63) is 35.9 Å². The van der Waals surface area contributed by atoms with Gasteiger partial charge in [0.05, 0.1) is 13.2 Å². The molecule has 3 atom stereocenters. The lowest BCUT2D eigenvalue weighted by Gasteiger charge is -2.56. The maximum Gasteiger partial charge on any atom is 0.320 e. The Balaban J connectivity index is 1.99. The first-order chi connectivity index (χ1) is 12.0. The van der Waals surface area contributed by atoms with Crippen molar-refractivity contribution in [3.63, 3.8) is 0 Å².